The number of hydrogen-bond acceptors (Lipinski definition) is 0. The van der Waals surface area contributed by atoms with Gasteiger partial charge in [0.05, 0.1) is 0 Å². The lowest BCUT2D eigenvalue weighted by Gasteiger charge is -2.01. The third kappa shape index (κ3) is 1.22. The number of fused-ring (bicyclic) bond motifs is 1. The molecule has 2 rings (SSSR count). The third-order valence-corrected chi connectivity index (χ3v) is 2.43. The molecule has 2 nitrogen and oxygen atoms in total. The Morgan fingerprint density at radius 2 is 2.08 bits per heavy atom. The molecule has 13 heavy (non-hydrogen) atoms. The van der Waals surface area contributed by atoms with Crippen molar-refractivity contribution >= 4 is 11.0 Å². The highest BCUT2D eigenvalue weighted by atomic mass is 15.0. The van der Waals surface area contributed by atoms with Crippen LogP contribution in [0.15, 0.2) is 30.6 Å². The van der Waals surface area contributed by atoms with Crippen molar-refractivity contribution in [3.63, 3.8) is 0 Å². The summed E-state index contributed by atoms with van der Waals surface area (Å²) >= 11 is 0. The smallest absolute Gasteiger partial charge is 0.230 e. The molecule has 0 aliphatic rings. The van der Waals surface area contributed by atoms with Gasteiger partial charge in [-0.15, -0.1) is 0 Å². The molecule has 2 aromatic rings. The maximum absolute atomic E-state index is 2.29. The minimum atomic E-state index is 0.520. The molecule has 0 aliphatic carbocycles. The molecule has 68 valence electrons. The van der Waals surface area contributed by atoms with Crippen molar-refractivity contribution in [2.24, 2.45) is 7.05 Å². The van der Waals surface area contributed by atoms with Gasteiger partial charge in [-0.25, -0.2) is 0 Å². The predicted octanol–water partition coefficient (Wildman–Crippen LogP) is 2.05. The van der Waals surface area contributed by atoms with E-state index in [1.54, 1.807) is 0 Å². The van der Waals surface area contributed by atoms with Crippen molar-refractivity contribution in [2.45, 2.75) is 19.9 Å². The lowest BCUT2D eigenvalue weighted by atomic mass is 10.3. The Bertz CT molecular complexity index is 427. The fourth-order valence-corrected chi connectivity index (χ4v) is 1.71. The average molecular weight is 175 g/mol. The fraction of sp³-hybridized carbons (Fsp3) is 0.364. The van der Waals surface area contributed by atoms with Gasteiger partial charge in [0.1, 0.15) is 5.52 Å². The van der Waals surface area contributed by atoms with E-state index in [1.165, 1.54) is 11.0 Å². The van der Waals surface area contributed by atoms with Gasteiger partial charge in [-0.1, -0.05) is 0 Å². The first-order valence-corrected chi connectivity index (χ1v) is 4.65. The Labute approximate surface area is 78.4 Å². The molecule has 2 heteroatoms. The van der Waals surface area contributed by atoms with Crippen LogP contribution >= 0.6 is 0 Å². The summed E-state index contributed by atoms with van der Waals surface area (Å²) in [5.74, 6) is 0. The van der Waals surface area contributed by atoms with Crippen LogP contribution < -0.4 is 4.57 Å². The highest BCUT2D eigenvalue weighted by Crippen LogP contribution is 2.10. The molecule has 0 saturated carbocycles. The van der Waals surface area contributed by atoms with Crippen LogP contribution in [0.2, 0.25) is 0 Å². The molecule has 0 atom stereocenters. The summed E-state index contributed by atoms with van der Waals surface area (Å²) in [5.41, 5.74) is 2.59. The van der Waals surface area contributed by atoms with E-state index in [4.69, 9.17) is 0 Å². The van der Waals surface area contributed by atoms with E-state index in [0.29, 0.717) is 6.04 Å². The maximum atomic E-state index is 2.29. The van der Waals surface area contributed by atoms with Gasteiger partial charge in [-0.3, -0.25) is 0 Å². The standard InChI is InChI=1S/C11H15N2/c1-9(2)13-7-4-5-10-11(13)6-8-12(10)3/h4-9H,1-3H3/q+1. The highest BCUT2D eigenvalue weighted by molar-refractivity contribution is 5.71. The highest BCUT2D eigenvalue weighted by Gasteiger charge is 2.12. The van der Waals surface area contributed by atoms with E-state index in [0.717, 1.165) is 0 Å². The first-order chi connectivity index (χ1) is 6.20. The van der Waals surface area contributed by atoms with Gasteiger partial charge >= 0.3 is 0 Å². The predicted molar refractivity (Wildman–Crippen MR) is 53.5 cm³/mol. The van der Waals surface area contributed by atoms with Crippen LogP contribution in [-0.2, 0) is 7.05 Å². The lowest BCUT2D eigenvalue weighted by Crippen LogP contribution is -2.36. The lowest BCUT2D eigenvalue weighted by molar-refractivity contribution is -0.691. The third-order valence-electron chi connectivity index (χ3n) is 2.43. The molecule has 0 unspecified atom stereocenters. The van der Waals surface area contributed by atoms with E-state index in [1.807, 2.05) is 0 Å². The second-order valence-corrected chi connectivity index (χ2v) is 3.71. The molecule has 0 spiro atoms. The molecule has 0 radical (unpaired) electrons. The van der Waals surface area contributed by atoms with Crippen molar-refractivity contribution in [3.8, 4) is 0 Å². The van der Waals surface area contributed by atoms with Crippen LogP contribution in [0, 0.1) is 0 Å². The van der Waals surface area contributed by atoms with Gasteiger partial charge in [-0.2, -0.15) is 4.57 Å². The van der Waals surface area contributed by atoms with Crippen LogP contribution in [0.1, 0.15) is 19.9 Å². The zero-order valence-corrected chi connectivity index (χ0v) is 8.36. The summed E-state index contributed by atoms with van der Waals surface area (Å²) < 4.78 is 4.43. The van der Waals surface area contributed by atoms with Crippen LogP contribution in [0.3, 0.4) is 0 Å². The number of nitrogens with zero attached hydrogens (tertiary/aromatic N) is 2. The van der Waals surface area contributed by atoms with Crippen LogP contribution in [0.4, 0.5) is 0 Å². The number of aromatic nitrogens is 2. The van der Waals surface area contributed by atoms with Gasteiger partial charge in [-0.05, 0) is 19.9 Å². The molecule has 0 fully saturated rings. The number of hydrogen-bond donors (Lipinski definition) is 0. The summed E-state index contributed by atoms with van der Waals surface area (Å²) in [7, 11) is 2.08. The second kappa shape index (κ2) is 2.87. The number of aryl methyl sites for hydroxylation is 1. The van der Waals surface area contributed by atoms with Crippen molar-refractivity contribution in [1.82, 2.24) is 4.57 Å². The summed E-state index contributed by atoms with van der Waals surface area (Å²) in [6, 6.07) is 6.93. The second-order valence-electron chi connectivity index (χ2n) is 3.71. The first-order valence-electron chi connectivity index (χ1n) is 4.65. The summed E-state index contributed by atoms with van der Waals surface area (Å²) in [6.45, 7) is 4.40. The quantitative estimate of drug-likeness (QED) is 0.586. The van der Waals surface area contributed by atoms with Gasteiger partial charge in [0.25, 0.3) is 0 Å². The minimum Gasteiger partial charge on any atom is -0.345 e. The number of rotatable bonds is 1. The molecule has 0 amide bonds. The summed E-state index contributed by atoms with van der Waals surface area (Å²) in [5, 5.41) is 0. The van der Waals surface area contributed by atoms with Crippen LogP contribution in [-0.4, -0.2) is 4.57 Å². The van der Waals surface area contributed by atoms with E-state index < -0.39 is 0 Å². The van der Waals surface area contributed by atoms with Crippen molar-refractivity contribution in [3.05, 3.63) is 30.6 Å². The first kappa shape index (κ1) is 8.30. The fourth-order valence-electron chi connectivity index (χ4n) is 1.71. The Hall–Kier alpha value is -1.31. The molecule has 2 heterocycles. The van der Waals surface area contributed by atoms with Gasteiger partial charge in [0.15, 0.2) is 12.2 Å². The monoisotopic (exact) mass is 175 g/mol. The SMILES string of the molecule is CC(C)[n+]1cccc2c1ccn2C. The zero-order valence-electron chi connectivity index (χ0n) is 8.36. The molecule has 0 aromatic carbocycles. The zero-order chi connectivity index (χ0) is 9.42. The Balaban J connectivity index is 2.77. The van der Waals surface area contributed by atoms with Crippen molar-refractivity contribution in [2.75, 3.05) is 0 Å². The molecular formula is C11H15N2+. The summed E-state index contributed by atoms with van der Waals surface area (Å²) in [6.07, 6.45) is 4.23. The largest absolute Gasteiger partial charge is 0.345 e. The minimum absolute atomic E-state index is 0.520. The molecule has 0 saturated heterocycles. The topological polar surface area (TPSA) is 8.81 Å². The average Bonchev–Trinajstić information content (AvgIpc) is 2.48. The van der Waals surface area contributed by atoms with E-state index in [-0.39, 0.29) is 0 Å². The number of pyridine rings is 1. The Morgan fingerprint density at radius 3 is 2.77 bits per heavy atom. The van der Waals surface area contributed by atoms with Crippen molar-refractivity contribution in [1.29, 1.82) is 0 Å². The molecule has 0 aliphatic heterocycles. The molecular weight excluding hydrogens is 160 g/mol. The van der Waals surface area contributed by atoms with E-state index >= 15 is 0 Å². The van der Waals surface area contributed by atoms with Crippen molar-refractivity contribution < 1.29 is 4.57 Å². The van der Waals surface area contributed by atoms with Crippen LogP contribution in [0.5, 0.6) is 0 Å². The Morgan fingerprint density at radius 1 is 1.31 bits per heavy atom. The Kier molecular flexibility index (Phi) is 1.83. The van der Waals surface area contributed by atoms with Gasteiger partial charge in [0.2, 0.25) is 5.52 Å². The van der Waals surface area contributed by atoms with E-state index in [9.17, 15) is 0 Å². The normalized spacial score (nSPS) is 11.4. The molecule has 2 aromatic heterocycles. The summed E-state index contributed by atoms with van der Waals surface area (Å²) in [4.78, 5) is 0. The maximum Gasteiger partial charge on any atom is 0.230 e. The van der Waals surface area contributed by atoms with Crippen LogP contribution in [0.25, 0.3) is 11.0 Å². The van der Waals surface area contributed by atoms with Gasteiger partial charge < -0.3 is 4.57 Å². The molecule has 0 N–H and O–H groups in total. The van der Waals surface area contributed by atoms with Gasteiger partial charge in [0, 0.05) is 25.4 Å². The van der Waals surface area contributed by atoms with E-state index in [2.05, 4.69) is 60.6 Å². The molecule has 0 bridgehead atoms.